The van der Waals surface area contributed by atoms with E-state index in [2.05, 4.69) is 21.4 Å². The van der Waals surface area contributed by atoms with Crippen molar-refractivity contribution in [3.05, 3.63) is 83.2 Å². The van der Waals surface area contributed by atoms with Crippen LogP contribution in [0.15, 0.2) is 70.2 Å². The van der Waals surface area contributed by atoms with Crippen molar-refractivity contribution in [2.75, 3.05) is 11.1 Å². The van der Waals surface area contributed by atoms with Crippen molar-refractivity contribution in [2.24, 2.45) is 0 Å². The van der Waals surface area contributed by atoms with Gasteiger partial charge in [-0.3, -0.25) is 10.1 Å². The molecule has 6 nitrogen and oxygen atoms in total. The fraction of sp³-hybridized carbons (Fsp3) is 0.214. The van der Waals surface area contributed by atoms with Crippen LogP contribution in [0.5, 0.6) is 0 Å². The Kier molecular flexibility index (Phi) is 6.64. The number of anilines is 1. The summed E-state index contributed by atoms with van der Waals surface area (Å²) in [7, 11) is 0. The first kappa shape index (κ1) is 22.9. The number of fused-ring (bicyclic) bond motifs is 1. The van der Waals surface area contributed by atoms with Crippen molar-refractivity contribution in [2.45, 2.75) is 37.8 Å². The predicted molar refractivity (Wildman–Crippen MR) is 137 cm³/mol. The van der Waals surface area contributed by atoms with Gasteiger partial charge in [-0.25, -0.2) is 9.97 Å². The molecular formula is C28H24N4O2S. The average Bonchev–Trinajstić information content (AvgIpc) is 3.26. The van der Waals surface area contributed by atoms with E-state index in [0.717, 1.165) is 41.8 Å². The van der Waals surface area contributed by atoms with Crippen LogP contribution in [0, 0.1) is 18.3 Å². The molecule has 174 valence electrons. The van der Waals surface area contributed by atoms with E-state index >= 15 is 0 Å². The molecule has 2 aromatic heterocycles. The summed E-state index contributed by atoms with van der Waals surface area (Å²) < 4.78 is 6.10. The fourth-order valence-corrected chi connectivity index (χ4v) is 5.12. The molecule has 35 heavy (non-hydrogen) atoms. The Hall–Kier alpha value is -3.89. The highest BCUT2D eigenvalue weighted by Gasteiger charge is 2.24. The number of nitriles is 1. The topological polar surface area (TPSA) is 91.8 Å². The van der Waals surface area contributed by atoms with E-state index in [1.165, 1.54) is 23.7 Å². The lowest BCUT2D eigenvalue weighted by Gasteiger charge is -2.17. The van der Waals surface area contributed by atoms with Gasteiger partial charge in [-0.1, -0.05) is 72.4 Å². The van der Waals surface area contributed by atoms with Gasteiger partial charge < -0.3 is 4.42 Å². The summed E-state index contributed by atoms with van der Waals surface area (Å²) in [6.45, 7) is 2.01. The third-order valence-electron chi connectivity index (χ3n) is 6.07. The van der Waals surface area contributed by atoms with E-state index in [-0.39, 0.29) is 17.5 Å². The number of nitrogens with one attached hydrogen (secondary N) is 1. The Morgan fingerprint density at radius 2 is 1.71 bits per heavy atom. The van der Waals surface area contributed by atoms with Crippen LogP contribution in [0.1, 0.15) is 35.4 Å². The molecule has 1 aliphatic carbocycles. The Morgan fingerprint density at radius 1 is 1.03 bits per heavy atom. The molecule has 0 saturated heterocycles. The number of furan rings is 1. The number of hydrogen-bond donors (Lipinski definition) is 1. The van der Waals surface area contributed by atoms with Crippen LogP contribution in [-0.4, -0.2) is 21.6 Å². The number of aryl methyl sites for hydroxylation is 2. The van der Waals surface area contributed by atoms with Crippen LogP contribution in [-0.2, 0) is 17.6 Å². The third kappa shape index (κ3) is 4.84. The standard InChI is InChI=1S/C28H24N4O2S/c1-18-21-14-8-9-15-23(21)31-28(30-18)35-17-24(33)32-27-22(16-29)25(19-10-4-2-5-11-19)26(34-27)20-12-6-3-7-13-20/h2-7,10-13H,8-9,14-15,17H2,1H3,(H,32,33). The van der Waals surface area contributed by atoms with Gasteiger partial charge in [-0.2, -0.15) is 5.26 Å². The number of carbonyl (C=O) groups is 1. The molecule has 0 atom stereocenters. The zero-order valence-corrected chi connectivity index (χ0v) is 20.2. The smallest absolute Gasteiger partial charge is 0.237 e. The van der Waals surface area contributed by atoms with Gasteiger partial charge in [0.05, 0.1) is 5.75 Å². The van der Waals surface area contributed by atoms with E-state index in [4.69, 9.17) is 4.42 Å². The van der Waals surface area contributed by atoms with Gasteiger partial charge in [-0.15, -0.1) is 0 Å². The first-order valence-electron chi connectivity index (χ1n) is 11.6. The number of thioether (sulfide) groups is 1. The summed E-state index contributed by atoms with van der Waals surface area (Å²) in [6, 6.07) is 21.4. The molecule has 0 fully saturated rings. The molecule has 1 amide bonds. The van der Waals surface area contributed by atoms with Gasteiger partial charge in [0, 0.05) is 22.5 Å². The monoisotopic (exact) mass is 480 g/mol. The van der Waals surface area contributed by atoms with Crippen LogP contribution < -0.4 is 5.32 Å². The normalized spacial score (nSPS) is 12.6. The molecule has 5 rings (SSSR count). The minimum Gasteiger partial charge on any atom is -0.438 e. The minimum atomic E-state index is -0.279. The second-order valence-corrected chi connectivity index (χ2v) is 9.36. The first-order valence-corrected chi connectivity index (χ1v) is 12.6. The lowest BCUT2D eigenvalue weighted by molar-refractivity contribution is -0.113. The SMILES string of the molecule is Cc1nc(SCC(=O)Nc2oc(-c3ccccc3)c(-c3ccccc3)c2C#N)nc2c1CCCC2. The second kappa shape index (κ2) is 10.2. The zero-order chi connectivity index (χ0) is 24.2. The lowest BCUT2D eigenvalue weighted by atomic mass is 9.95. The summed E-state index contributed by atoms with van der Waals surface area (Å²) in [5.74, 6) is 0.534. The molecule has 1 N–H and O–H groups in total. The molecule has 2 aromatic carbocycles. The predicted octanol–water partition coefficient (Wildman–Crippen LogP) is 6.19. The number of nitrogens with zero attached hydrogens (tertiary/aromatic N) is 3. The van der Waals surface area contributed by atoms with Crippen LogP contribution in [0.2, 0.25) is 0 Å². The molecule has 4 aromatic rings. The summed E-state index contributed by atoms with van der Waals surface area (Å²) in [5, 5.41) is 13.4. The minimum absolute atomic E-state index is 0.116. The molecule has 2 heterocycles. The van der Waals surface area contributed by atoms with E-state index in [1.807, 2.05) is 67.6 Å². The number of hydrogen-bond acceptors (Lipinski definition) is 6. The molecule has 0 aliphatic heterocycles. The molecule has 0 bridgehead atoms. The van der Waals surface area contributed by atoms with E-state index < -0.39 is 0 Å². The zero-order valence-electron chi connectivity index (χ0n) is 19.4. The van der Waals surface area contributed by atoms with E-state index in [1.54, 1.807) is 0 Å². The Morgan fingerprint density at radius 3 is 2.43 bits per heavy atom. The summed E-state index contributed by atoms with van der Waals surface area (Å²) in [4.78, 5) is 22.1. The highest BCUT2D eigenvalue weighted by atomic mass is 32.2. The van der Waals surface area contributed by atoms with Crippen molar-refractivity contribution >= 4 is 23.6 Å². The maximum atomic E-state index is 12.9. The quantitative estimate of drug-likeness (QED) is 0.261. The average molecular weight is 481 g/mol. The maximum absolute atomic E-state index is 12.9. The van der Waals surface area contributed by atoms with Gasteiger partial charge in [-0.05, 0) is 43.7 Å². The van der Waals surface area contributed by atoms with Gasteiger partial charge in [0.2, 0.25) is 11.8 Å². The highest BCUT2D eigenvalue weighted by molar-refractivity contribution is 7.99. The Bertz CT molecular complexity index is 1410. The Labute approximate surface area is 208 Å². The summed E-state index contributed by atoms with van der Waals surface area (Å²) in [6.07, 6.45) is 4.29. The molecule has 1 aliphatic rings. The number of aromatic nitrogens is 2. The fourth-order valence-electron chi connectivity index (χ4n) is 4.41. The largest absolute Gasteiger partial charge is 0.438 e. The first-order chi connectivity index (χ1) is 17.1. The van der Waals surface area contributed by atoms with Crippen LogP contribution in [0.4, 0.5) is 5.88 Å². The molecule has 0 radical (unpaired) electrons. The lowest BCUT2D eigenvalue weighted by Crippen LogP contribution is -2.15. The second-order valence-electron chi connectivity index (χ2n) is 8.41. The van der Waals surface area contributed by atoms with Crippen molar-refractivity contribution in [1.29, 1.82) is 5.26 Å². The van der Waals surface area contributed by atoms with E-state index in [0.29, 0.717) is 22.0 Å². The Balaban J connectivity index is 1.40. The molecule has 0 saturated carbocycles. The summed E-state index contributed by atoms with van der Waals surface area (Å²) >= 11 is 1.29. The van der Waals surface area contributed by atoms with Crippen LogP contribution in [0.3, 0.4) is 0 Å². The van der Waals surface area contributed by atoms with Gasteiger partial charge >= 0.3 is 0 Å². The number of benzene rings is 2. The van der Waals surface area contributed by atoms with E-state index in [9.17, 15) is 10.1 Å². The van der Waals surface area contributed by atoms with Crippen LogP contribution in [0.25, 0.3) is 22.5 Å². The molecule has 0 unspecified atom stereocenters. The molecular weight excluding hydrogens is 456 g/mol. The summed E-state index contributed by atoms with van der Waals surface area (Å²) in [5.41, 5.74) is 5.99. The molecule has 0 spiro atoms. The highest BCUT2D eigenvalue weighted by Crippen LogP contribution is 2.41. The number of rotatable bonds is 6. The van der Waals surface area contributed by atoms with Gasteiger partial charge in [0.25, 0.3) is 0 Å². The van der Waals surface area contributed by atoms with Crippen LogP contribution >= 0.6 is 11.8 Å². The maximum Gasteiger partial charge on any atom is 0.237 e. The molecule has 7 heteroatoms. The number of carbonyl (C=O) groups excluding carboxylic acids is 1. The van der Waals surface area contributed by atoms with Crippen molar-refractivity contribution in [1.82, 2.24) is 9.97 Å². The van der Waals surface area contributed by atoms with Crippen molar-refractivity contribution in [3.63, 3.8) is 0 Å². The van der Waals surface area contributed by atoms with Gasteiger partial charge in [0.15, 0.2) is 5.16 Å². The van der Waals surface area contributed by atoms with Gasteiger partial charge in [0.1, 0.15) is 17.4 Å². The van der Waals surface area contributed by atoms with Crippen molar-refractivity contribution < 1.29 is 9.21 Å². The van der Waals surface area contributed by atoms with Crippen molar-refractivity contribution in [3.8, 4) is 28.5 Å². The number of amides is 1. The third-order valence-corrected chi connectivity index (χ3v) is 6.92.